The Balaban J connectivity index is 0.000000211. The van der Waals surface area contributed by atoms with E-state index in [0.29, 0.717) is 12.2 Å². The van der Waals surface area contributed by atoms with Gasteiger partial charge in [-0.25, -0.2) is 9.59 Å². The second-order valence-electron chi connectivity index (χ2n) is 9.61. The maximum Gasteiger partial charge on any atom is 0.338 e. The lowest BCUT2D eigenvalue weighted by Gasteiger charge is -2.09. The van der Waals surface area contributed by atoms with E-state index in [9.17, 15) is 14.7 Å². The molecule has 6 aromatic rings. The SMILES string of the molecule is O=C(O)c1ccc2cc(O)ccc2c1.O=C(OCc1ccccc1)c1ccc2cc(OCc3ccccc3)ccc2c1. The molecule has 0 unspecified atom stereocenters. The van der Waals surface area contributed by atoms with Gasteiger partial charge in [0.2, 0.25) is 0 Å². The fourth-order valence-electron chi connectivity index (χ4n) is 4.35. The van der Waals surface area contributed by atoms with Crippen LogP contribution >= 0.6 is 0 Å². The number of phenols is 1. The van der Waals surface area contributed by atoms with E-state index in [1.165, 1.54) is 12.1 Å². The molecular formula is C36H28O6. The summed E-state index contributed by atoms with van der Waals surface area (Å²) in [6.45, 7) is 0.792. The summed E-state index contributed by atoms with van der Waals surface area (Å²) in [4.78, 5) is 23.0. The lowest BCUT2D eigenvalue weighted by molar-refractivity contribution is 0.0472. The molecule has 0 atom stereocenters. The van der Waals surface area contributed by atoms with E-state index in [2.05, 4.69) is 0 Å². The lowest BCUT2D eigenvalue weighted by atomic mass is 10.1. The molecule has 0 aromatic heterocycles. The number of phenolic OH excluding ortho intramolecular Hbond substituents is 1. The highest BCUT2D eigenvalue weighted by Crippen LogP contribution is 2.24. The molecule has 6 aromatic carbocycles. The average molecular weight is 557 g/mol. The van der Waals surface area contributed by atoms with E-state index in [1.807, 2.05) is 91.0 Å². The molecule has 0 saturated carbocycles. The van der Waals surface area contributed by atoms with Crippen LogP contribution in [0.1, 0.15) is 31.8 Å². The van der Waals surface area contributed by atoms with Crippen LogP contribution in [-0.2, 0) is 18.0 Å². The number of ether oxygens (including phenoxy) is 2. The Bertz CT molecular complexity index is 1830. The molecule has 6 nitrogen and oxygen atoms in total. The Morgan fingerprint density at radius 3 is 1.74 bits per heavy atom. The predicted molar refractivity (Wildman–Crippen MR) is 163 cm³/mol. The van der Waals surface area contributed by atoms with Gasteiger partial charge in [0.25, 0.3) is 0 Å². The van der Waals surface area contributed by atoms with Crippen molar-refractivity contribution >= 4 is 33.5 Å². The molecule has 0 bridgehead atoms. The van der Waals surface area contributed by atoms with E-state index in [-0.39, 0.29) is 23.9 Å². The Hall–Kier alpha value is -5.62. The third kappa shape index (κ3) is 7.31. The summed E-state index contributed by atoms with van der Waals surface area (Å²) in [5.74, 6) is -0.286. The Morgan fingerprint density at radius 2 is 1.07 bits per heavy atom. The first-order chi connectivity index (χ1) is 20.4. The molecule has 2 N–H and O–H groups in total. The number of aromatic carboxylic acids is 1. The first-order valence-electron chi connectivity index (χ1n) is 13.3. The van der Waals surface area contributed by atoms with Crippen LogP contribution < -0.4 is 4.74 Å². The molecule has 0 heterocycles. The van der Waals surface area contributed by atoms with Crippen LogP contribution in [0.25, 0.3) is 21.5 Å². The third-order valence-corrected chi connectivity index (χ3v) is 6.58. The number of fused-ring (bicyclic) bond motifs is 2. The van der Waals surface area contributed by atoms with E-state index in [1.54, 1.807) is 30.3 Å². The van der Waals surface area contributed by atoms with Crippen molar-refractivity contribution in [2.75, 3.05) is 0 Å². The first kappa shape index (κ1) is 27.9. The highest BCUT2D eigenvalue weighted by molar-refractivity contribution is 5.96. The molecule has 0 aliphatic carbocycles. The minimum atomic E-state index is -0.944. The van der Waals surface area contributed by atoms with Crippen molar-refractivity contribution in [3.63, 3.8) is 0 Å². The van der Waals surface area contributed by atoms with Gasteiger partial charge in [0, 0.05) is 0 Å². The van der Waals surface area contributed by atoms with Crippen molar-refractivity contribution in [2.24, 2.45) is 0 Å². The zero-order chi connectivity index (χ0) is 29.3. The van der Waals surface area contributed by atoms with Gasteiger partial charge in [-0.1, -0.05) is 84.9 Å². The number of hydrogen-bond acceptors (Lipinski definition) is 5. The number of rotatable bonds is 7. The molecule has 0 aliphatic heterocycles. The number of carbonyl (C=O) groups excluding carboxylic acids is 1. The lowest BCUT2D eigenvalue weighted by Crippen LogP contribution is -2.05. The van der Waals surface area contributed by atoms with Crippen molar-refractivity contribution in [1.82, 2.24) is 0 Å². The van der Waals surface area contributed by atoms with Gasteiger partial charge < -0.3 is 19.7 Å². The second-order valence-corrected chi connectivity index (χ2v) is 9.61. The maximum absolute atomic E-state index is 12.3. The van der Waals surface area contributed by atoms with Crippen molar-refractivity contribution in [3.05, 3.63) is 156 Å². The largest absolute Gasteiger partial charge is 0.508 e. The predicted octanol–water partition coefficient (Wildman–Crippen LogP) is 8.02. The van der Waals surface area contributed by atoms with Gasteiger partial charge in [-0.3, -0.25) is 0 Å². The number of carbonyl (C=O) groups is 2. The third-order valence-electron chi connectivity index (χ3n) is 6.58. The van der Waals surface area contributed by atoms with Gasteiger partial charge in [-0.15, -0.1) is 0 Å². The van der Waals surface area contributed by atoms with E-state index in [0.717, 1.165) is 38.4 Å². The molecule has 0 amide bonds. The molecule has 0 spiro atoms. The zero-order valence-electron chi connectivity index (χ0n) is 22.6. The van der Waals surface area contributed by atoms with Gasteiger partial charge in [-0.05, 0) is 81.2 Å². The van der Waals surface area contributed by atoms with E-state index >= 15 is 0 Å². The molecule has 6 heteroatoms. The van der Waals surface area contributed by atoms with E-state index in [4.69, 9.17) is 14.6 Å². The minimum absolute atomic E-state index is 0.181. The Kier molecular flexibility index (Phi) is 8.75. The monoisotopic (exact) mass is 556 g/mol. The Labute approximate surface area is 243 Å². The smallest absolute Gasteiger partial charge is 0.338 e. The normalized spacial score (nSPS) is 10.5. The Morgan fingerprint density at radius 1 is 0.548 bits per heavy atom. The van der Waals surface area contributed by atoms with Gasteiger partial charge in [0.15, 0.2) is 0 Å². The van der Waals surface area contributed by atoms with Gasteiger partial charge in [0.05, 0.1) is 11.1 Å². The van der Waals surface area contributed by atoms with Crippen molar-refractivity contribution in [1.29, 1.82) is 0 Å². The molecule has 0 saturated heterocycles. The van der Waals surface area contributed by atoms with Crippen LogP contribution in [0.3, 0.4) is 0 Å². The summed E-state index contributed by atoms with van der Waals surface area (Å²) in [5.41, 5.74) is 2.89. The first-order valence-corrected chi connectivity index (χ1v) is 13.3. The van der Waals surface area contributed by atoms with Gasteiger partial charge in [-0.2, -0.15) is 0 Å². The average Bonchev–Trinajstić information content (AvgIpc) is 3.03. The summed E-state index contributed by atoms with van der Waals surface area (Å²) in [6.07, 6.45) is 0. The molecule has 42 heavy (non-hydrogen) atoms. The van der Waals surface area contributed by atoms with Crippen LogP contribution in [-0.4, -0.2) is 22.2 Å². The van der Waals surface area contributed by atoms with Crippen LogP contribution in [0, 0.1) is 0 Å². The highest BCUT2D eigenvalue weighted by atomic mass is 16.5. The van der Waals surface area contributed by atoms with Crippen molar-refractivity contribution < 1.29 is 29.3 Å². The summed E-state index contributed by atoms with van der Waals surface area (Å²) in [6, 6.07) is 40.7. The van der Waals surface area contributed by atoms with Gasteiger partial charge >= 0.3 is 11.9 Å². The number of esters is 1. The summed E-state index contributed by atoms with van der Waals surface area (Å²) in [7, 11) is 0. The number of carboxylic acid groups (broad SMARTS) is 1. The molecule has 6 rings (SSSR count). The minimum Gasteiger partial charge on any atom is -0.508 e. The number of aromatic hydroxyl groups is 1. The zero-order valence-corrected chi connectivity index (χ0v) is 22.6. The molecule has 0 fully saturated rings. The quantitative estimate of drug-likeness (QED) is 0.193. The fourth-order valence-corrected chi connectivity index (χ4v) is 4.35. The summed E-state index contributed by atoms with van der Waals surface area (Å²) in [5, 5.41) is 21.6. The van der Waals surface area contributed by atoms with Gasteiger partial charge in [0.1, 0.15) is 24.7 Å². The van der Waals surface area contributed by atoms with Crippen LogP contribution in [0.2, 0.25) is 0 Å². The van der Waals surface area contributed by atoms with Crippen LogP contribution in [0.5, 0.6) is 11.5 Å². The summed E-state index contributed by atoms with van der Waals surface area (Å²) >= 11 is 0. The standard InChI is InChI=1S/C25H20O3.C11H8O3/c26-25(28-18-20-9-5-2-6-10-20)23-12-11-22-16-24(14-13-21(22)15-23)27-17-19-7-3-1-4-8-19;12-10-4-3-7-5-9(11(13)14)2-1-8(7)6-10/h1-16H,17-18H2;1-6,12H,(H,13,14). The van der Waals surface area contributed by atoms with Crippen molar-refractivity contribution in [2.45, 2.75) is 13.2 Å². The highest BCUT2D eigenvalue weighted by Gasteiger charge is 2.09. The maximum atomic E-state index is 12.3. The number of carboxylic acids is 1. The molecule has 208 valence electrons. The topological polar surface area (TPSA) is 93.1 Å². The van der Waals surface area contributed by atoms with Crippen LogP contribution in [0.15, 0.2) is 133 Å². The molecule has 0 radical (unpaired) electrons. The van der Waals surface area contributed by atoms with Crippen molar-refractivity contribution in [3.8, 4) is 11.5 Å². The molecular weight excluding hydrogens is 528 g/mol. The summed E-state index contributed by atoms with van der Waals surface area (Å²) < 4.78 is 11.3. The fraction of sp³-hybridized carbons (Fsp3) is 0.0556. The molecule has 0 aliphatic rings. The second kappa shape index (κ2) is 13.2. The number of hydrogen-bond donors (Lipinski definition) is 2. The van der Waals surface area contributed by atoms with E-state index < -0.39 is 5.97 Å². The number of benzene rings is 6. The van der Waals surface area contributed by atoms with Crippen LogP contribution in [0.4, 0.5) is 0 Å².